The lowest BCUT2D eigenvalue weighted by molar-refractivity contribution is -0.142. The lowest BCUT2D eigenvalue weighted by Crippen LogP contribution is -2.47. The van der Waals surface area contributed by atoms with Crippen LogP contribution >= 0.6 is 11.3 Å². The van der Waals surface area contributed by atoms with Gasteiger partial charge in [0.1, 0.15) is 6.10 Å². The van der Waals surface area contributed by atoms with E-state index in [9.17, 15) is 4.79 Å². The van der Waals surface area contributed by atoms with Gasteiger partial charge in [-0.3, -0.25) is 4.79 Å². The van der Waals surface area contributed by atoms with E-state index in [0.29, 0.717) is 11.2 Å². The number of carbonyl (C=O) groups excluding carboxylic acids is 1. The van der Waals surface area contributed by atoms with Crippen LogP contribution in [0.5, 0.6) is 0 Å². The maximum Gasteiger partial charge on any atom is 0.251 e. The Morgan fingerprint density at radius 2 is 2.29 bits per heavy atom. The highest BCUT2D eigenvalue weighted by Gasteiger charge is 2.30. The first-order valence-electron chi connectivity index (χ1n) is 7.56. The highest BCUT2D eigenvalue weighted by molar-refractivity contribution is 7.13. The lowest BCUT2D eigenvalue weighted by Gasteiger charge is -2.33. The van der Waals surface area contributed by atoms with E-state index in [0.717, 1.165) is 57.6 Å². The zero-order valence-corrected chi connectivity index (χ0v) is 12.9. The molecule has 0 aliphatic carbocycles. The van der Waals surface area contributed by atoms with E-state index in [1.165, 1.54) is 11.3 Å². The van der Waals surface area contributed by atoms with Gasteiger partial charge in [-0.15, -0.1) is 11.3 Å². The van der Waals surface area contributed by atoms with Crippen LogP contribution in [0.3, 0.4) is 0 Å². The van der Waals surface area contributed by atoms with E-state index in [1.54, 1.807) is 0 Å². The first kappa shape index (κ1) is 14.7. The van der Waals surface area contributed by atoms with Crippen LogP contribution in [0, 0.1) is 0 Å². The molecule has 0 bridgehead atoms. The molecule has 0 unspecified atom stereocenters. The molecule has 1 aromatic rings. The summed E-state index contributed by atoms with van der Waals surface area (Å²) in [5.74, 6) is 0.179. The molecular weight excluding hydrogens is 288 g/mol. The Bertz CT molecular complexity index is 479. The van der Waals surface area contributed by atoms with Gasteiger partial charge in [-0.1, -0.05) is 0 Å². The third kappa shape index (κ3) is 3.72. The Labute approximate surface area is 128 Å². The molecule has 3 heterocycles. The molecule has 0 aromatic carbocycles. The van der Waals surface area contributed by atoms with Crippen LogP contribution in [-0.2, 0) is 16.1 Å². The minimum atomic E-state index is -0.188. The molecule has 0 saturated carbocycles. The molecular formula is C14H22N4O2S. The number of ether oxygens (including phenoxy) is 1. The molecule has 3 rings (SSSR count). The number of nitrogen functional groups attached to an aromatic ring is 1. The van der Waals surface area contributed by atoms with Gasteiger partial charge >= 0.3 is 0 Å². The Kier molecular flexibility index (Phi) is 4.72. The summed E-state index contributed by atoms with van der Waals surface area (Å²) in [4.78, 5) is 18.4. The molecule has 0 radical (unpaired) electrons. The van der Waals surface area contributed by atoms with Crippen molar-refractivity contribution in [2.24, 2.45) is 0 Å². The summed E-state index contributed by atoms with van der Waals surface area (Å²) in [6.45, 7) is 3.11. The number of rotatable bonds is 4. The number of nitrogens with zero attached hydrogens (tertiary/aromatic N) is 2. The van der Waals surface area contributed by atoms with Crippen LogP contribution in [0.25, 0.3) is 0 Å². The maximum atomic E-state index is 12.2. The van der Waals surface area contributed by atoms with Crippen molar-refractivity contribution in [1.82, 2.24) is 15.2 Å². The molecule has 6 nitrogen and oxygen atoms in total. The highest BCUT2D eigenvalue weighted by Crippen LogP contribution is 2.19. The van der Waals surface area contributed by atoms with Gasteiger partial charge in [0.15, 0.2) is 5.13 Å². The summed E-state index contributed by atoms with van der Waals surface area (Å²) < 4.78 is 5.48. The second-order valence-corrected chi connectivity index (χ2v) is 6.55. The maximum absolute atomic E-state index is 12.2. The fourth-order valence-electron chi connectivity index (χ4n) is 2.93. The third-order valence-electron chi connectivity index (χ3n) is 4.15. The number of amides is 1. The molecule has 2 saturated heterocycles. The van der Waals surface area contributed by atoms with Crippen molar-refractivity contribution in [3.63, 3.8) is 0 Å². The van der Waals surface area contributed by atoms with Crippen molar-refractivity contribution in [3.8, 4) is 0 Å². The van der Waals surface area contributed by atoms with Crippen LogP contribution in [-0.4, -0.2) is 47.6 Å². The normalized spacial score (nSPS) is 23.6. The van der Waals surface area contributed by atoms with E-state index in [4.69, 9.17) is 10.5 Å². The summed E-state index contributed by atoms with van der Waals surface area (Å²) in [7, 11) is 0. The number of nitrogens with one attached hydrogen (secondary N) is 1. The molecule has 2 aliphatic heterocycles. The van der Waals surface area contributed by atoms with Gasteiger partial charge in [0.25, 0.3) is 5.91 Å². The first-order chi connectivity index (χ1) is 10.2. The highest BCUT2D eigenvalue weighted by atomic mass is 32.1. The molecule has 1 amide bonds. The number of anilines is 1. The van der Waals surface area contributed by atoms with E-state index in [2.05, 4.69) is 10.3 Å². The Balaban J connectivity index is 1.41. The zero-order chi connectivity index (χ0) is 14.7. The Hall–Kier alpha value is -1.18. The standard InChI is InChI=1S/C14H22N4O2S/c15-14-17-11(9-21-14)8-16-10-3-5-18(6-4-10)13(19)12-2-1-7-20-12/h9-10,12,16H,1-8H2,(H2,15,17)/t12-/m1/s1. The summed E-state index contributed by atoms with van der Waals surface area (Å²) >= 11 is 1.47. The van der Waals surface area contributed by atoms with Crippen molar-refractivity contribution in [2.75, 3.05) is 25.4 Å². The number of hydrogen-bond donors (Lipinski definition) is 2. The lowest BCUT2D eigenvalue weighted by atomic mass is 10.0. The molecule has 3 N–H and O–H groups in total. The van der Waals surface area contributed by atoms with Gasteiger partial charge in [0.05, 0.1) is 5.69 Å². The quantitative estimate of drug-likeness (QED) is 0.867. The van der Waals surface area contributed by atoms with E-state index in [1.807, 2.05) is 10.3 Å². The topological polar surface area (TPSA) is 80.5 Å². The molecule has 116 valence electrons. The van der Waals surface area contributed by atoms with Crippen LogP contribution in [0.2, 0.25) is 0 Å². The fourth-order valence-corrected chi connectivity index (χ4v) is 3.50. The van der Waals surface area contributed by atoms with Crippen molar-refractivity contribution in [2.45, 2.75) is 44.4 Å². The Morgan fingerprint density at radius 3 is 2.90 bits per heavy atom. The number of likely N-dealkylation sites (tertiary alicyclic amines) is 1. The monoisotopic (exact) mass is 310 g/mol. The number of aromatic nitrogens is 1. The fraction of sp³-hybridized carbons (Fsp3) is 0.714. The number of thiazole rings is 1. The molecule has 2 aliphatic rings. The SMILES string of the molecule is Nc1nc(CNC2CCN(C(=O)[C@H]3CCCO3)CC2)cs1. The molecule has 7 heteroatoms. The minimum Gasteiger partial charge on any atom is -0.375 e. The van der Waals surface area contributed by atoms with Crippen molar-refractivity contribution in [3.05, 3.63) is 11.1 Å². The van der Waals surface area contributed by atoms with Crippen LogP contribution < -0.4 is 11.1 Å². The zero-order valence-electron chi connectivity index (χ0n) is 12.1. The number of carbonyl (C=O) groups is 1. The molecule has 21 heavy (non-hydrogen) atoms. The summed E-state index contributed by atoms with van der Waals surface area (Å²) in [5.41, 5.74) is 6.62. The first-order valence-corrected chi connectivity index (χ1v) is 8.44. The summed E-state index contributed by atoms with van der Waals surface area (Å²) in [6.07, 6.45) is 3.66. The van der Waals surface area contributed by atoms with Crippen molar-refractivity contribution < 1.29 is 9.53 Å². The smallest absolute Gasteiger partial charge is 0.251 e. The third-order valence-corrected chi connectivity index (χ3v) is 4.88. The average molecular weight is 310 g/mol. The van der Waals surface area contributed by atoms with E-state index < -0.39 is 0 Å². The second-order valence-electron chi connectivity index (χ2n) is 5.66. The second kappa shape index (κ2) is 6.72. The molecule has 2 fully saturated rings. The van der Waals surface area contributed by atoms with Crippen LogP contribution in [0.4, 0.5) is 5.13 Å². The number of hydrogen-bond acceptors (Lipinski definition) is 6. The number of piperidine rings is 1. The van der Waals surface area contributed by atoms with Gasteiger partial charge < -0.3 is 20.7 Å². The number of nitrogens with two attached hydrogens (primary N) is 1. The van der Waals surface area contributed by atoms with Gasteiger partial charge in [-0.2, -0.15) is 0 Å². The molecule has 1 aromatic heterocycles. The van der Waals surface area contributed by atoms with Gasteiger partial charge in [-0.05, 0) is 25.7 Å². The Morgan fingerprint density at radius 1 is 1.48 bits per heavy atom. The van der Waals surface area contributed by atoms with Crippen molar-refractivity contribution >= 4 is 22.4 Å². The van der Waals surface area contributed by atoms with Gasteiger partial charge in [-0.25, -0.2) is 4.98 Å². The predicted molar refractivity (Wildman–Crippen MR) is 81.9 cm³/mol. The van der Waals surface area contributed by atoms with Crippen LogP contribution in [0.15, 0.2) is 5.38 Å². The summed E-state index contributed by atoms with van der Waals surface area (Å²) in [5, 5.41) is 6.10. The minimum absolute atomic E-state index is 0.179. The molecule has 1 atom stereocenters. The van der Waals surface area contributed by atoms with Crippen LogP contribution in [0.1, 0.15) is 31.4 Å². The van der Waals surface area contributed by atoms with Crippen molar-refractivity contribution in [1.29, 1.82) is 0 Å². The predicted octanol–water partition coefficient (Wildman–Crippen LogP) is 0.985. The average Bonchev–Trinajstić information content (AvgIpc) is 3.16. The van der Waals surface area contributed by atoms with E-state index in [-0.39, 0.29) is 12.0 Å². The largest absolute Gasteiger partial charge is 0.375 e. The molecule has 0 spiro atoms. The summed E-state index contributed by atoms with van der Waals surface area (Å²) in [6, 6.07) is 0.446. The van der Waals surface area contributed by atoms with Gasteiger partial charge in [0, 0.05) is 37.7 Å². The van der Waals surface area contributed by atoms with E-state index >= 15 is 0 Å². The van der Waals surface area contributed by atoms with Gasteiger partial charge in [0.2, 0.25) is 0 Å².